The summed E-state index contributed by atoms with van der Waals surface area (Å²) >= 11 is 0. The van der Waals surface area contributed by atoms with Gasteiger partial charge in [-0.25, -0.2) is 9.78 Å². The number of fused-ring (bicyclic) bond motifs is 4. The third-order valence-corrected chi connectivity index (χ3v) is 10.0. The molecule has 4 bridgehead atoms. The van der Waals surface area contributed by atoms with Gasteiger partial charge in [0.25, 0.3) is 5.56 Å². The number of hydrogen-bond donors (Lipinski definition) is 1. The molecule has 1 aromatic carbocycles. The predicted molar refractivity (Wildman–Crippen MR) is 125 cm³/mol. The molecule has 3 saturated carbocycles. The predicted octanol–water partition coefficient (Wildman–Crippen LogP) is 4.48. The fourth-order valence-electron chi connectivity index (χ4n) is 8.88. The summed E-state index contributed by atoms with van der Waals surface area (Å²) in [5, 5.41) is 9.64. The van der Waals surface area contributed by atoms with Crippen LogP contribution < -0.4 is 5.56 Å². The summed E-state index contributed by atoms with van der Waals surface area (Å²) in [6.07, 6.45) is 12.8. The van der Waals surface area contributed by atoms with Crippen LogP contribution in [0.15, 0.2) is 29.1 Å². The molecule has 5 aliphatic rings. The number of carboxylic acids is 1. The Morgan fingerprint density at radius 1 is 0.879 bits per heavy atom. The van der Waals surface area contributed by atoms with Crippen LogP contribution in [0.3, 0.4) is 0 Å². The van der Waals surface area contributed by atoms with Crippen LogP contribution in [0.4, 0.5) is 0 Å². The Morgan fingerprint density at radius 2 is 1.64 bits per heavy atom. The van der Waals surface area contributed by atoms with Crippen LogP contribution in [0.2, 0.25) is 0 Å². The summed E-state index contributed by atoms with van der Waals surface area (Å²) in [4.78, 5) is 32.2. The van der Waals surface area contributed by atoms with Crippen LogP contribution in [-0.2, 0) is 0 Å². The lowest BCUT2D eigenvalue weighted by atomic mass is 9.64. The average Bonchev–Trinajstić information content (AvgIpc) is 3.01. The molecular weight excluding hydrogens is 414 g/mol. The monoisotopic (exact) mass is 447 g/mol. The summed E-state index contributed by atoms with van der Waals surface area (Å²) in [7, 11) is 0. The summed E-state index contributed by atoms with van der Waals surface area (Å²) < 4.78 is 1.79. The fraction of sp³-hybridized carbons (Fsp3) is 0.667. The number of nitrogens with zero attached hydrogens (tertiary/aromatic N) is 3. The highest BCUT2D eigenvalue weighted by atomic mass is 16.4. The van der Waals surface area contributed by atoms with Crippen molar-refractivity contribution in [2.75, 3.05) is 0 Å². The smallest absolute Gasteiger partial charge is 0.360 e. The van der Waals surface area contributed by atoms with Gasteiger partial charge in [-0.2, -0.15) is 0 Å². The van der Waals surface area contributed by atoms with Gasteiger partial charge in [0.1, 0.15) is 0 Å². The number of carboxylic acid groups (broad SMARTS) is 1. The second-order valence-corrected chi connectivity index (χ2v) is 11.6. The molecule has 2 aliphatic heterocycles. The number of aromatic nitrogens is 2. The molecule has 33 heavy (non-hydrogen) atoms. The van der Waals surface area contributed by atoms with E-state index in [4.69, 9.17) is 0 Å². The quantitative estimate of drug-likeness (QED) is 0.751. The molecule has 3 aliphatic carbocycles. The molecule has 6 heteroatoms. The third kappa shape index (κ3) is 3.05. The van der Waals surface area contributed by atoms with Gasteiger partial charge < -0.3 is 9.67 Å². The van der Waals surface area contributed by atoms with Crippen LogP contribution in [-0.4, -0.2) is 43.7 Å². The highest BCUT2D eigenvalue weighted by molar-refractivity contribution is 5.88. The van der Waals surface area contributed by atoms with Crippen LogP contribution in [0.1, 0.15) is 80.7 Å². The number of benzene rings is 1. The molecule has 2 aromatic rings. The molecule has 0 radical (unpaired) electrons. The molecule has 174 valence electrons. The second kappa shape index (κ2) is 7.39. The molecule has 2 saturated heterocycles. The summed E-state index contributed by atoms with van der Waals surface area (Å²) in [5.41, 5.74) is 0.586. The first-order valence-electron chi connectivity index (χ1n) is 13.1. The zero-order valence-electron chi connectivity index (χ0n) is 19.1. The molecule has 3 heterocycles. The molecular formula is C27H33N3O3. The van der Waals surface area contributed by atoms with Gasteiger partial charge >= 0.3 is 5.97 Å². The first kappa shape index (κ1) is 20.2. The standard InChI is InChI=1S/C27H33N3O3/c31-26-25(27(32)33)28-23-6-1-2-7-24(23)30(26)21-13-18-4-3-5-19(14-21)29(18)20-9-15-8-16-11-17(12-20)22(16)10-15/h1-2,6-7,15-22H,3-5,8-14H2,(H,32,33)/t15-,16+,17+,18-,19+,20-,21+,22?/m1/s1. The van der Waals surface area contributed by atoms with Gasteiger partial charge in [0.05, 0.1) is 11.0 Å². The van der Waals surface area contributed by atoms with Gasteiger partial charge in [0.15, 0.2) is 0 Å². The highest BCUT2D eigenvalue weighted by Gasteiger charge is 2.53. The van der Waals surface area contributed by atoms with Crippen molar-refractivity contribution in [2.45, 2.75) is 88.4 Å². The maximum absolute atomic E-state index is 13.3. The maximum atomic E-state index is 13.3. The van der Waals surface area contributed by atoms with Crippen LogP contribution >= 0.6 is 0 Å². The van der Waals surface area contributed by atoms with E-state index in [1.165, 1.54) is 51.4 Å². The lowest BCUT2D eigenvalue weighted by molar-refractivity contribution is -0.0437. The molecule has 1 N–H and O–H groups in total. The van der Waals surface area contributed by atoms with Gasteiger partial charge in [0.2, 0.25) is 5.69 Å². The van der Waals surface area contributed by atoms with Crippen molar-refractivity contribution in [2.24, 2.45) is 23.7 Å². The SMILES string of the molecule is O=C(O)c1nc2ccccc2n([C@H]2C[C@H]3CCC[C@@H](C2)N3[C@@H]2C[C@@H]3CC4[C@@H](C3)C[C@H]4C2)c1=O. The topological polar surface area (TPSA) is 75.4 Å². The second-order valence-electron chi connectivity index (χ2n) is 11.6. The van der Waals surface area contributed by atoms with Crippen molar-refractivity contribution in [3.05, 3.63) is 40.3 Å². The van der Waals surface area contributed by atoms with Crippen LogP contribution in [0.5, 0.6) is 0 Å². The Labute approximate surface area is 194 Å². The molecule has 7 rings (SSSR count). The molecule has 0 spiro atoms. The van der Waals surface area contributed by atoms with Crippen LogP contribution in [0.25, 0.3) is 11.0 Å². The largest absolute Gasteiger partial charge is 0.476 e. The number of rotatable bonds is 3. The summed E-state index contributed by atoms with van der Waals surface area (Å²) in [6.45, 7) is 0. The first-order chi connectivity index (χ1) is 16.1. The van der Waals surface area contributed by atoms with E-state index in [0.717, 1.165) is 42.0 Å². The minimum Gasteiger partial charge on any atom is -0.476 e. The van der Waals surface area contributed by atoms with Crippen molar-refractivity contribution in [3.8, 4) is 0 Å². The number of hydrogen-bond acceptors (Lipinski definition) is 4. The molecule has 8 atom stereocenters. The number of carbonyl (C=O) groups is 1. The average molecular weight is 448 g/mol. The normalized spacial score (nSPS) is 39.8. The maximum Gasteiger partial charge on any atom is 0.360 e. The molecule has 5 fully saturated rings. The highest BCUT2D eigenvalue weighted by Crippen LogP contribution is 2.59. The Hall–Kier alpha value is -2.21. The van der Waals surface area contributed by atoms with Crippen molar-refractivity contribution in [1.29, 1.82) is 0 Å². The summed E-state index contributed by atoms with van der Waals surface area (Å²) in [6, 6.07) is 9.29. The van der Waals surface area contributed by atoms with E-state index >= 15 is 0 Å². The van der Waals surface area contributed by atoms with E-state index in [2.05, 4.69) is 9.88 Å². The van der Waals surface area contributed by atoms with Crippen LogP contribution in [0, 0.1) is 23.7 Å². The van der Waals surface area contributed by atoms with E-state index < -0.39 is 11.5 Å². The van der Waals surface area contributed by atoms with E-state index in [1.807, 2.05) is 24.3 Å². The number of piperidine rings is 2. The molecule has 0 amide bonds. The molecule has 1 unspecified atom stereocenters. The van der Waals surface area contributed by atoms with Crippen molar-refractivity contribution >= 4 is 17.0 Å². The van der Waals surface area contributed by atoms with Crippen molar-refractivity contribution < 1.29 is 9.90 Å². The van der Waals surface area contributed by atoms with E-state index in [0.29, 0.717) is 23.6 Å². The van der Waals surface area contributed by atoms with E-state index in [-0.39, 0.29) is 11.7 Å². The van der Waals surface area contributed by atoms with Gasteiger partial charge in [-0.3, -0.25) is 9.69 Å². The Balaban J connectivity index is 1.23. The van der Waals surface area contributed by atoms with E-state index in [9.17, 15) is 14.7 Å². The Kier molecular flexibility index (Phi) is 4.52. The van der Waals surface area contributed by atoms with E-state index in [1.54, 1.807) is 4.57 Å². The lowest BCUT2D eigenvalue weighted by Crippen LogP contribution is -2.58. The third-order valence-electron chi connectivity index (χ3n) is 10.0. The summed E-state index contributed by atoms with van der Waals surface area (Å²) in [5.74, 6) is 2.72. The molecule has 1 aromatic heterocycles. The molecule has 6 nitrogen and oxygen atoms in total. The fourth-order valence-corrected chi connectivity index (χ4v) is 8.88. The van der Waals surface area contributed by atoms with Gasteiger partial charge in [-0.15, -0.1) is 0 Å². The Bertz CT molecular complexity index is 1160. The minimum atomic E-state index is -1.23. The van der Waals surface area contributed by atoms with Crippen molar-refractivity contribution in [1.82, 2.24) is 14.5 Å². The van der Waals surface area contributed by atoms with Gasteiger partial charge in [-0.05, 0) is 93.6 Å². The zero-order chi connectivity index (χ0) is 22.3. The lowest BCUT2D eigenvalue weighted by Gasteiger charge is -2.54. The zero-order valence-corrected chi connectivity index (χ0v) is 19.1. The van der Waals surface area contributed by atoms with Gasteiger partial charge in [-0.1, -0.05) is 18.6 Å². The Morgan fingerprint density at radius 3 is 2.42 bits per heavy atom. The number of para-hydroxylation sites is 2. The van der Waals surface area contributed by atoms with Crippen molar-refractivity contribution in [3.63, 3.8) is 0 Å². The first-order valence-corrected chi connectivity index (χ1v) is 13.1. The number of aromatic carboxylic acids is 1. The minimum absolute atomic E-state index is 0.0466. The van der Waals surface area contributed by atoms with Gasteiger partial charge in [0, 0.05) is 24.2 Å².